The first-order chi connectivity index (χ1) is 9.50. The molecule has 20 heavy (non-hydrogen) atoms. The van der Waals surface area contributed by atoms with Crippen LogP contribution < -0.4 is 4.90 Å². The highest BCUT2D eigenvalue weighted by Gasteiger charge is 2.40. The summed E-state index contributed by atoms with van der Waals surface area (Å²) in [5.74, 6) is 0. The van der Waals surface area contributed by atoms with E-state index in [9.17, 15) is 5.11 Å². The second kappa shape index (κ2) is 6.15. The van der Waals surface area contributed by atoms with E-state index >= 15 is 0 Å². The third-order valence-electron chi connectivity index (χ3n) is 4.86. The van der Waals surface area contributed by atoms with Crippen LogP contribution in [0.1, 0.15) is 44.3 Å². The predicted octanol–water partition coefficient (Wildman–Crippen LogP) is 3.05. The SMILES string of the molecule is CCC(O)c1ccccc1N(C)CC1(N(C)C)CCC1. The molecule has 1 fully saturated rings. The van der Waals surface area contributed by atoms with Gasteiger partial charge in [0.1, 0.15) is 0 Å². The molecule has 0 saturated heterocycles. The molecule has 1 aliphatic carbocycles. The van der Waals surface area contributed by atoms with Gasteiger partial charge in [-0.3, -0.25) is 0 Å². The summed E-state index contributed by atoms with van der Waals surface area (Å²) in [6, 6.07) is 8.23. The smallest absolute Gasteiger partial charge is 0.0807 e. The van der Waals surface area contributed by atoms with Crippen molar-refractivity contribution in [2.75, 3.05) is 32.6 Å². The monoisotopic (exact) mass is 276 g/mol. The van der Waals surface area contributed by atoms with E-state index in [1.807, 2.05) is 19.1 Å². The van der Waals surface area contributed by atoms with Gasteiger partial charge in [-0.15, -0.1) is 0 Å². The summed E-state index contributed by atoms with van der Waals surface area (Å²) in [4.78, 5) is 4.68. The predicted molar refractivity (Wildman–Crippen MR) is 85.2 cm³/mol. The second-order valence-electron chi connectivity index (χ2n) is 6.31. The van der Waals surface area contributed by atoms with E-state index in [-0.39, 0.29) is 6.10 Å². The van der Waals surface area contributed by atoms with Gasteiger partial charge in [0.25, 0.3) is 0 Å². The lowest BCUT2D eigenvalue weighted by molar-refractivity contribution is 0.0681. The number of hydrogen-bond donors (Lipinski definition) is 1. The molecule has 1 aromatic carbocycles. The van der Waals surface area contributed by atoms with Crippen molar-refractivity contribution in [3.8, 4) is 0 Å². The zero-order chi connectivity index (χ0) is 14.8. The minimum absolute atomic E-state index is 0.305. The van der Waals surface area contributed by atoms with Gasteiger partial charge < -0.3 is 14.9 Å². The molecule has 0 radical (unpaired) electrons. The molecule has 0 bridgehead atoms. The highest BCUT2D eigenvalue weighted by Crippen LogP contribution is 2.38. The van der Waals surface area contributed by atoms with Crippen LogP contribution in [0.3, 0.4) is 0 Å². The molecular weight excluding hydrogens is 248 g/mol. The molecule has 1 aromatic rings. The Hall–Kier alpha value is -1.06. The van der Waals surface area contributed by atoms with Gasteiger partial charge >= 0.3 is 0 Å². The van der Waals surface area contributed by atoms with Gasteiger partial charge in [0.05, 0.1) is 6.10 Å². The van der Waals surface area contributed by atoms with Crippen LogP contribution in [0.2, 0.25) is 0 Å². The lowest BCUT2D eigenvalue weighted by Gasteiger charge is -2.49. The van der Waals surface area contributed by atoms with Crippen molar-refractivity contribution in [2.24, 2.45) is 0 Å². The summed E-state index contributed by atoms with van der Waals surface area (Å²) in [7, 11) is 6.50. The number of para-hydroxylation sites is 1. The Morgan fingerprint density at radius 1 is 1.20 bits per heavy atom. The van der Waals surface area contributed by atoms with E-state index in [0.29, 0.717) is 5.54 Å². The number of nitrogens with zero attached hydrogens (tertiary/aromatic N) is 2. The molecule has 0 heterocycles. The molecule has 0 spiro atoms. The largest absolute Gasteiger partial charge is 0.388 e. The van der Waals surface area contributed by atoms with Crippen molar-refractivity contribution >= 4 is 5.69 Å². The number of hydrogen-bond acceptors (Lipinski definition) is 3. The summed E-state index contributed by atoms with van der Waals surface area (Å²) in [6.07, 6.45) is 4.24. The number of aliphatic hydroxyl groups is 1. The summed E-state index contributed by atoms with van der Waals surface area (Å²) in [6.45, 7) is 3.04. The normalized spacial score (nSPS) is 18.7. The van der Waals surface area contributed by atoms with Gasteiger partial charge in [-0.25, -0.2) is 0 Å². The maximum atomic E-state index is 10.2. The molecule has 1 saturated carbocycles. The highest BCUT2D eigenvalue weighted by atomic mass is 16.3. The van der Waals surface area contributed by atoms with Gasteiger partial charge in [-0.05, 0) is 45.8 Å². The van der Waals surface area contributed by atoms with Crippen LogP contribution in [-0.4, -0.2) is 43.2 Å². The third kappa shape index (κ3) is 2.84. The van der Waals surface area contributed by atoms with Gasteiger partial charge in [0, 0.05) is 30.4 Å². The van der Waals surface area contributed by atoms with Crippen LogP contribution in [0.4, 0.5) is 5.69 Å². The Morgan fingerprint density at radius 2 is 1.85 bits per heavy atom. The number of anilines is 1. The Morgan fingerprint density at radius 3 is 2.35 bits per heavy atom. The number of benzene rings is 1. The fourth-order valence-electron chi connectivity index (χ4n) is 3.20. The molecule has 0 aliphatic heterocycles. The molecule has 0 amide bonds. The molecular formula is C17H28N2O. The molecule has 112 valence electrons. The highest BCUT2D eigenvalue weighted by molar-refractivity contribution is 5.54. The molecule has 1 unspecified atom stereocenters. The minimum Gasteiger partial charge on any atom is -0.388 e. The molecule has 2 rings (SSSR count). The van der Waals surface area contributed by atoms with Crippen LogP contribution >= 0.6 is 0 Å². The Bertz CT molecular complexity index is 440. The van der Waals surface area contributed by atoms with Crippen LogP contribution in [0.25, 0.3) is 0 Å². The van der Waals surface area contributed by atoms with Crippen molar-refractivity contribution < 1.29 is 5.11 Å². The summed E-state index contributed by atoms with van der Waals surface area (Å²) < 4.78 is 0. The third-order valence-corrected chi connectivity index (χ3v) is 4.86. The molecule has 3 heteroatoms. The maximum absolute atomic E-state index is 10.2. The quantitative estimate of drug-likeness (QED) is 0.865. The Kier molecular flexibility index (Phi) is 4.71. The zero-order valence-corrected chi connectivity index (χ0v) is 13.3. The van der Waals surface area contributed by atoms with Crippen LogP contribution in [0, 0.1) is 0 Å². The number of likely N-dealkylation sites (N-methyl/N-ethyl adjacent to an activating group) is 2. The van der Waals surface area contributed by atoms with Crippen molar-refractivity contribution in [1.82, 2.24) is 4.90 Å². The topological polar surface area (TPSA) is 26.7 Å². The van der Waals surface area contributed by atoms with Crippen LogP contribution in [0.5, 0.6) is 0 Å². The maximum Gasteiger partial charge on any atom is 0.0807 e. The molecule has 3 nitrogen and oxygen atoms in total. The van der Waals surface area contributed by atoms with E-state index in [1.54, 1.807) is 0 Å². The summed E-state index contributed by atoms with van der Waals surface area (Å²) in [5, 5.41) is 10.2. The Labute approximate surface area is 123 Å². The van der Waals surface area contributed by atoms with E-state index in [1.165, 1.54) is 19.3 Å². The van der Waals surface area contributed by atoms with E-state index in [4.69, 9.17) is 0 Å². The first-order valence-corrected chi connectivity index (χ1v) is 7.66. The molecule has 1 N–H and O–H groups in total. The van der Waals surface area contributed by atoms with Gasteiger partial charge in [0.2, 0.25) is 0 Å². The number of aliphatic hydroxyl groups excluding tert-OH is 1. The summed E-state index contributed by atoms with van der Waals surface area (Å²) in [5.41, 5.74) is 2.51. The second-order valence-corrected chi connectivity index (χ2v) is 6.31. The van der Waals surface area contributed by atoms with Crippen LogP contribution in [0.15, 0.2) is 24.3 Å². The van der Waals surface area contributed by atoms with E-state index in [2.05, 4.69) is 43.1 Å². The van der Waals surface area contributed by atoms with Crippen molar-refractivity contribution in [2.45, 2.75) is 44.2 Å². The summed E-state index contributed by atoms with van der Waals surface area (Å²) >= 11 is 0. The lowest BCUT2D eigenvalue weighted by atomic mass is 9.75. The molecule has 1 atom stereocenters. The van der Waals surface area contributed by atoms with Gasteiger partial charge in [-0.1, -0.05) is 25.1 Å². The fourth-order valence-corrected chi connectivity index (χ4v) is 3.20. The minimum atomic E-state index is -0.370. The fraction of sp³-hybridized carbons (Fsp3) is 0.647. The van der Waals surface area contributed by atoms with Crippen molar-refractivity contribution in [1.29, 1.82) is 0 Å². The van der Waals surface area contributed by atoms with Gasteiger partial charge in [0.15, 0.2) is 0 Å². The lowest BCUT2D eigenvalue weighted by Crippen LogP contribution is -2.56. The first-order valence-electron chi connectivity index (χ1n) is 7.66. The molecule has 0 aromatic heterocycles. The average molecular weight is 276 g/mol. The van der Waals surface area contributed by atoms with E-state index < -0.39 is 0 Å². The Balaban J connectivity index is 2.19. The van der Waals surface area contributed by atoms with E-state index in [0.717, 1.165) is 24.2 Å². The standard InChI is InChI=1S/C17H28N2O/c1-5-16(20)14-9-6-7-10-15(14)19(4)13-17(18(2)3)11-8-12-17/h6-7,9-10,16,20H,5,8,11-13H2,1-4H3. The molecule has 1 aliphatic rings. The number of rotatable bonds is 6. The zero-order valence-electron chi connectivity index (χ0n) is 13.3. The van der Waals surface area contributed by atoms with Crippen molar-refractivity contribution in [3.63, 3.8) is 0 Å². The first kappa shape index (κ1) is 15.3. The average Bonchev–Trinajstić information content (AvgIpc) is 2.41. The van der Waals surface area contributed by atoms with Crippen LogP contribution in [-0.2, 0) is 0 Å². The van der Waals surface area contributed by atoms with Gasteiger partial charge in [-0.2, -0.15) is 0 Å². The van der Waals surface area contributed by atoms with Crippen molar-refractivity contribution in [3.05, 3.63) is 29.8 Å².